The molecule has 1 aliphatic heterocycles. The van der Waals surface area contributed by atoms with Gasteiger partial charge in [0.25, 0.3) is 0 Å². The first kappa shape index (κ1) is 26.7. The van der Waals surface area contributed by atoms with E-state index in [9.17, 15) is 21.6 Å². The van der Waals surface area contributed by atoms with E-state index < -0.39 is 27.0 Å². The van der Waals surface area contributed by atoms with Gasteiger partial charge >= 0.3 is 6.36 Å². The number of halogens is 4. The topological polar surface area (TPSA) is 87.7 Å². The van der Waals surface area contributed by atoms with Gasteiger partial charge in [-0.1, -0.05) is 22.0 Å². The minimum atomic E-state index is -5.01. The van der Waals surface area contributed by atoms with Crippen molar-refractivity contribution in [2.24, 2.45) is 5.92 Å². The van der Waals surface area contributed by atoms with Crippen LogP contribution in [0.5, 0.6) is 5.75 Å². The summed E-state index contributed by atoms with van der Waals surface area (Å²) in [7, 11) is -0.302. The molecule has 196 valence electrons. The number of nitrogens with one attached hydrogen (secondary N) is 1. The predicted molar refractivity (Wildman–Crippen MR) is 135 cm³/mol. The molecule has 0 saturated carbocycles. The third kappa shape index (κ3) is 6.30. The van der Waals surface area contributed by atoms with Crippen LogP contribution < -0.4 is 19.3 Å². The number of ether oxygens (including phenoxy) is 1. The number of alkyl halides is 3. The number of hydrogen-bond donors (Lipinski definition) is 1. The Bertz CT molecular complexity index is 1250. The summed E-state index contributed by atoms with van der Waals surface area (Å²) in [5.74, 6) is 0.784. The van der Waals surface area contributed by atoms with Crippen molar-refractivity contribution in [1.82, 2.24) is 14.7 Å². The van der Waals surface area contributed by atoms with Gasteiger partial charge < -0.3 is 14.5 Å². The second kappa shape index (κ2) is 10.5. The Morgan fingerprint density at radius 2 is 1.94 bits per heavy atom. The van der Waals surface area contributed by atoms with Crippen LogP contribution in [0.15, 0.2) is 33.6 Å². The van der Waals surface area contributed by atoms with E-state index in [4.69, 9.17) is 9.97 Å². The molecular formula is C23H27BrF3N5O3S. The fraction of sp³-hybridized carbons (Fsp3) is 0.478. The van der Waals surface area contributed by atoms with E-state index in [1.54, 1.807) is 0 Å². The summed E-state index contributed by atoms with van der Waals surface area (Å²) in [6.07, 6.45) is 2.34. The third-order valence-electron chi connectivity index (χ3n) is 6.15. The van der Waals surface area contributed by atoms with E-state index in [0.717, 1.165) is 42.0 Å². The van der Waals surface area contributed by atoms with Crippen molar-refractivity contribution >= 4 is 43.8 Å². The van der Waals surface area contributed by atoms with Crippen molar-refractivity contribution in [3.63, 3.8) is 0 Å². The van der Waals surface area contributed by atoms with E-state index in [1.165, 1.54) is 6.07 Å². The number of fused-ring (bicyclic) bond motifs is 1. The second-order valence-corrected chi connectivity index (χ2v) is 11.6. The van der Waals surface area contributed by atoms with Gasteiger partial charge in [0.2, 0.25) is 16.0 Å². The SMILES string of the molecule is CN(C)c1nc(N2CCC(CNS(=O)(=O)c3ccc(Br)cc3OC(F)(F)F)CC2)nc2c1CCC=C2. The van der Waals surface area contributed by atoms with Gasteiger partial charge in [-0.05, 0) is 55.9 Å². The number of benzene rings is 1. The summed E-state index contributed by atoms with van der Waals surface area (Å²) < 4.78 is 70.6. The normalized spacial score (nSPS) is 16.7. The van der Waals surface area contributed by atoms with Crippen LogP contribution in [0.2, 0.25) is 0 Å². The molecule has 0 unspecified atom stereocenters. The summed E-state index contributed by atoms with van der Waals surface area (Å²) in [5.41, 5.74) is 2.06. The van der Waals surface area contributed by atoms with E-state index in [2.05, 4.69) is 36.4 Å². The zero-order chi connectivity index (χ0) is 26.1. The molecular weight excluding hydrogens is 563 g/mol. The first-order valence-corrected chi connectivity index (χ1v) is 13.8. The molecule has 1 saturated heterocycles. The maximum atomic E-state index is 12.8. The zero-order valence-electron chi connectivity index (χ0n) is 19.8. The van der Waals surface area contributed by atoms with Gasteiger partial charge in [-0.2, -0.15) is 4.98 Å². The average Bonchev–Trinajstić information content (AvgIpc) is 2.81. The largest absolute Gasteiger partial charge is 0.573 e. The van der Waals surface area contributed by atoms with Gasteiger partial charge in [0.15, 0.2) is 5.75 Å². The molecule has 36 heavy (non-hydrogen) atoms. The lowest BCUT2D eigenvalue weighted by Crippen LogP contribution is -2.39. The van der Waals surface area contributed by atoms with Gasteiger partial charge in [0.05, 0.1) is 5.69 Å². The van der Waals surface area contributed by atoms with Crippen molar-refractivity contribution in [2.75, 3.05) is 43.5 Å². The first-order valence-electron chi connectivity index (χ1n) is 11.5. The zero-order valence-corrected chi connectivity index (χ0v) is 22.3. The molecule has 1 aliphatic carbocycles. The summed E-state index contributed by atoms with van der Waals surface area (Å²) >= 11 is 3.05. The van der Waals surface area contributed by atoms with Crippen LogP contribution in [0.1, 0.15) is 30.5 Å². The van der Waals surface area contributed by atoms with Gasteiger partial charge in [-0.3, -0.25) is 0 Å². The Labute approximate surface area is 216 Å². The third-order valence-corrected chi connectivity index (χ3v) is 8.10. The Morgan fingerprint density at radius 1 is 1.22 bits per heavy atom. The van der Waals surface area contributed by atoms with Crippen LogP contribution in [0.25, 0.3) is 6.08 Å². The molecule has 8 nitrogen and oxygen atoms in total. The van der Waals surface area contributed by atoms with Gasteiger partial charge in [0.1, 0.15) is 10.7 Å². The first-order chi connectivity index (χ1) is 16.9. The van der Waals surface area contributed by atoms with Crippen LogP contribution in [-0.4, -0.2) is 58.5 Å². The Hall–Kier alpha value is -2.38. The van der Waals surface area contributed by atoms with Crippen molar-refractivity contribution in [3.05, 3.63) is 40.0 Å². The maximum Gasteiger partial charge on any atom is 0.573 e. The predicted octanol–water partition coefficient (Wildman–Crippen LogP) is 4.36. The van der Waals surface area contributed by atoms with E-state index in [1.807, 2.05) is 25.1 Å². The quantitative estimate of drug-likeness (QED) is 0.513. The Morgan fingerprint density at radius 3 is 2.61 bits per heavy atom. The lowest BCUT2D eigenvalue weighted by molar-refractivity contribution is -0.275. The van der Waals surface area contributed by atoms with Crippen molar-refractivity contribution < 1.29 is 26.3 Å². The molecule has 1 aromatic heterocycles. The monoisotopic (exact) mass is 589 g/mol. The minimum absolute atomic E-state index is 0.0179. The van der Waals surface area contributed by atoms with Gasteiger partial charge in [0, 0.05) is 43.8 Å². The molecule has 2 aromatic rings. The number of anilines is 2. The van der Waals surface area contributed by atoms with Crippen LogP contribution in [0, 0.1) is 5.92 Å². The number of allylic oxidation sites excluding steroid dienone is 1. The Kier molecular flexibility index (Phi) is 7.81. The number of rotatable bonds is 7. The van der Waals surface area contributed by atoms with Crippen LogP contribution in [0.4, 0.5) is 24.9 Å². The fourth-order valence-corrected chi connectivity index (χ4v) is 5.90. The van der Waals surface area contributed by atoms with Crippen LogP contribution in [-0.2, 0) is 16.4 Å². The number of nitrogens with zero attached hydrogens (tertiary/aromatic N) is 4. The van der Waals surface area contributed by atoms with Crippen molar-refractivity contribution in [1.29, 1.82) is 0 Å². The minimum Gasteiger partial charge on any atom is -0.404 e. The highest BCUT2D eigenvalue weighted by Crippen LogP contribution is 2.33. The van der Waals surface area contributed by atoms with E-state index in [0.29, 0.717) is 31.9 Å². The number of sulfonamides is 1. The summed E-state index contributed by atoms with van der Waals surface area (Å²) in [6, 6.07) is 3.42. The summed E-state index contributed by atoms with van der Waals surface area (Å²) in [4.78, 5) is 13.1. The molecule has 0 amide bonds. The number of aromatic nitrogens is 2. The molecule has 0 atom stereocenters. The van der Waals surface area contributed by atoms with Crippen molar-refractivity contribution in [2.45, 2.75) is 36.9 Å². The molecule has 1 N–H and O–H groups in total. The molecule has 1 fully saturated rings. The highest BCUT2D eigenvalue weighted by molar-refractivity contribution is 9.10. The fourth-order valence-electron chi connectivity index (χ4n) is 4.34. The molecule has 0 bridgehead atoms. The average molecular weight is 590 g/mol. The van der Waals surface area contributed by atoms with E-state index in [-0.39, 0.29) is 16.9 Å². The van der Waals surface area contributed by atoms with Gasteiger partial charge in [-0.15, -0.1) is 13.2 Å². The molecule has 1 aromatic carbocycles. The van der Waals surface area contributed by atoms with E-state index >= 15 is 0 Å². The summed E-state index contributed by atoms with van der Waals surface area (Å²) in [5, 5.41) is 0. The van der Waals surface area contributed by atoms with Crippen molar-refractivity contribution in [3.8, 4) is 5.75 Å². The van der Waals surface area contributed by atoms with Gasteiger partial charge in [-0.25, -0.2) is 18.1 Å². The van der Waals surface area contributed by atoms with Crippen LogP contribution in [0.3, 0.4) is 0 Å². The molecule has 0 radical (unpaired) electrons. The standard InChI is InChI=1S/C23H27BrF3N5O3S/c1-31(2)21-17-5-3-4-6-18(17)29-22(30-21)32-11-9-15(10-12-32)14-28-36(33,34)20-8-7-16(24)13-19(20)35-23(25,26)27/h4,6-8,13,15,28H,3,5,9-12,14H2,1-2H3. The molecule has 4 rings (SSSR count). The molecule has 2 aliphatic rings. The summed E-state index contributed by atoms with van der Waals surface area (Å²) in [6.45, 7) is 1.39. The van der Waals surface area contributed by atoms with Crippen LogP contribution >= 0.6 is 15.9 Å². The Balaban J connectivity index is 1.41. The highest BCUT2D eigenvalue weighted by Gasteiger charge is 2.34. The lowest BCUT2D eigenvalue weighted by Gasteiger charge is -2.33. The number of hydrogen-bond acceptors (Lipinski definition) is 7. The highest BCUT2D eigenvalue weighted by atomic mass is 79.9. The smallest absolute Gasteiger partial charge is 0.404 e. The second-order valence-electron chi connectivity index (χ2n) is 8.97. The molecule has 2 heterocycles. The lowest BCUT2D eigenvalue weighted by atomic mass is 9.97. The maximum absolute atomic E-state index is 12.8. The molecule has 13 heteroatoms. The number of piperidine rings is 1. The molecule has 0 spiro atoms.